The van der Waals surface area contributed by atoms with Crippen LogP contribution in [0.25, 0.3) is 5.65 Å². The quantitative estimate of drug-likeness (QED) is 0.730. The van der Waals surface area contributed by atoms with Crippen molar-refractivity contribution in [3.05, 3.63) is 44.7 Å². The number of nitrogens with zero attached hydrogens (tertiary/aromatic N) is 4. The Morgan fingerprint density at radius 1 is 1.46 bits per heavy atom. The van der Waals surface area contributed by atoms with Gasteiger partial charge in [0.15, 0.2) is 15.4 Å². The van der Waals surface area contributed by atoms with Gasteiger partial charge in [0, 0.05) is 23.3 Å². The van der Waals surface area contributed by atoms with Crippen LogP contribution in [0.1, 0.15) is 35.3 Å². The molecule has 124 valence electrons. The molecule has 8 heteroatoms. The minimum Gasteiger partial charge on any atom is -0.341 e. The van der Waals surface area contributed by atoms with Gasteiger partial charge in [-0.1, -0.05) is 6.07 Å². The molecule has 1 amide bonds. The number of rotatable bonds is 3. The topological polar surface area (TPSA) is 66.3 Å². The van der Waals surface area contributed by atoms with Crippen molar-refractivity contribution < 1.29 is 4.79 Å². The maximum atomic E-state index is 12.8. The zero-order valence-electron chi connectivity index (χ0n) is 13.2. The molecule has 24 heavy (non-hydrogen) atoms. The molecule has 3 aromatic heterocycles. The number of aromatic amines is 1. The maximum Gasteiger partial charge on any atom is 0.228 e. The van der Waals surface area contributed by atoms with Gasteiger partial charge in [-0.15, -0.1) is 21.5 Å². The largest absolute Gasteiger partial charge is 0.341 e. The van der Waals surface area contributed by atoms with E-state index in [1.807, 2.05) is 40.6 Å². The number of fused-ring (bicyclic) bond motifs is 1. The number of aromatic nitrogens is 4. The average molecular weight is 359 g/mol. The second-order valence-electron chi connectivity index (χ2n) is 5.97. The number of aryl methyl sites for hydroxylation is 1. The van der Waals surface area contributed by atoms with E-state index in [2.05, 4.69) is 15.2 Å². The molecule has 4 heterocycles. The summed E-state index contributed by atoms with van der Waals surface area (Å²) in [4.78, 5) is 18.9. The Hall–Kier alpha value is -2.06. The second-order valence-corrected chi connectivity index (χ2v) is 7.74. The van der Waals surface area contributed by atoms with Crippen molar-refractivity contribution in [3.8, 4) is 0 Å². The molecule has 1 N–H and O–H groups in total. The number of carbonyl (C=O) groups is 1. The fraction of sp³-hybridized carbons (Fsp3) is 0.375. The fourth-order valence-electron chi connectivity index (χ4n) is 3.27. The predicted molar refractivity (Wildman–Crippen MR) is 94.6 cm³/mol. The van der Waals surface area contributed by atoms with E-state index in [9.17, 15) is 4.79 Å². The van der Waals surface area contributed by atoms with Crippen LogP contribution in [0.15, 0.2) is 24.4 Å². The zero-order chi connectivity index (χ0) is 16.7. The van der Waals surface area contributed by atoms with Gasteiger partial charge in [-0.3, -0.25) is 9.20 Å². The molecule has 1 atom stereocenters. The average Bonchev–Trinajstić information content (AvgIpc) is 3.26. The van der Waals surface area contributed by atoms with Crippen LogP contribution in [-0.2, 0) is 11.2 Å². The molecule has 1 aliphatic heterocycles. The lowest BCUT2D eigenvalue weighted by Crippen LogP contribution is -2.32. The Kier molecular flexibility index (Phi) is 3.93. The van der Waals surface area contributed by atoms with E-state index in [1.54, 1.807) is 0 Å². The van der Waals surface area contributed by atoms with E-state index in [0.29, 0.717) is 6.42 Å². The molecule has 3 aromatic rings. The summed E-state index contributed by atoms with van der Waals surface area (Å²) in [7, 11) is 0. The van der Waals surface area contributed by atoms with Gasteiger partial charge >= 0.3 is 0 Å². The van der Waals surface area contributed by atoms with Gasteiger partial charge in [-0.2, -0.15) is 0 Å². The monoisotopic (exact) mass is 359 g/mol. The molecule has 1 saturated heterocycles. The first kappa shape index (κ1) is 15.5. The van der Waals surface area contributed by atoms with Gasteiger partial charge < -0.3 is 9.88 Å². The third-order valence-electron chi connectivity index (χ3n) is 4.45. The lowest BCUT2D eigenvalue weighted by Gasteiger charge is -2.23. The molecule has 0 bridgehead atoms. The molecular formula is C16H17N5OS2. The van der Waals surface area contributed by atoms with Gasteiger partial charge in [-0.25, -0.2) is 0 Å². The van der Waals surface area contributed by atoms with Gasteiger partial charge in [0.2, 0.25) is 5.91 Å². The SMILES string of the molecule is Cc1[nH]c(=S)sc1CC(=O)N1CCCC1c1nnc2ccccn12. The first-order chi connectivity index (χ1) is 11.6. The van der Waals surface area contributed by atoms with Gasteiger partial charge in [0.05, 0.1) is 12.5 Å². The summed E-state index contributed by atoms with van der Waals surface area (Å²) >= 11 is 6.65. The van der Waals surface area contributed by atoms with E-state index < -0.39 is 0 Å². The highest BCUT2D eigenvalue weighted by atomic mass is 32.1. The third kappa shape index (κ3) is 2.65. The number of thiazole rings is 1. The molecule has 1 unspecified atom stereocenters. The van der Waals surface area contributed by atoms with Crippen molar-refractivity contribution in [1.29, 1.82) is 0 Å². The molecule has 6 nitrogen and oxygen atoms in total. The van der Waals surface area contributed by atoms with E-state index in [1.165, 1.54) is 11.3 Å². The van der Waals surface area contributed by atoms with Crippen molar-refractivity contribution in [2.75, 3.05) is 6.54 Å². The van der Waals surface area contributed by atoms with Crippen LogP contribution in [0.2, 0.25) is 0 Å². The number of hydrogen-bond acceptors (Lipinski definition) is 5. The summed E-state index contributed by atoms with van der Waals surface area (Å²) in [5, 5.41) is 8.55. The molecule has 0 saturated carbocycles. The fourth-order valence-corrected chi connectivity index (χ4v) is 4.55. The predicted octanol–water partition coefficient (Wildman–Crippen LogP) is 3.06. The first-order valence-corrected chi connectivity index (χ1v) is 9.13. The van der Waals surface area contributed by atoms with Crippen molar-refractivity contribution in [2.45, 2.75) is 32.2 Å². The first-order valence-electron chi connectivity index (χ1n) is 7.91. The van der Waals surface area contributed by atoms with Gasteiger partial charge in [-0.05, 0) is 44.1 Å². The van der Waals surface area contributed by atoms with Crippen LogP contribution in [-0.4, -0.2) is 36.9 Å². The summed E-state index contributed by atoms with van der Waals surface area (Å²) in [6, 6.07) is 5.81. The highest BCUT2D eigenvalue weighted by molar-refractivity contribution is 7.73. The van der Waals surface area contributed by atoms with Crippen LogP contribution in [0, 0.1) is 10.9 Å². The Balaban J connectivity index is 1.61. The Labute approximate surface area is 148 Å². The highest BCUT2D eigenvalue weighted by Crippen LogP contribution is 2.32. The standard InChI is InChI=1S/C16H17N5OS2/c1-10-12(24-16(23)17-10)9-14(22)20-8-4-5-11(20)15-19-18-13-6-2-3-7-21(13)15/h2-3,6-7,11H,4-5,8-9H2,1H3,(H,17,23). The van der Waals surface area contributed by atoms with Crippen molar-refractivity contribution in [3.63, 3.8) is 0 Å². The number of nitrogens with one attached hydrogen (secondary N) is 1. The zero-order valence-corrected chi connectivity index (χ0v) is 14.9. The van der Waals surface area contributed by atoms with Crippen LogP contribution in [0.3, 0.4) is 0 Å². The van der Waals surface area contributed by atoms with Crippen LogP contribution in [0.4, 0.5) is 0 Å². The summed E-state index contributed by atoms with van der Waals surface area (Å²) in [6.07, 6.45) is 4.24. The summed E-state index contributed by atoms with van der Waals surface area (Å²) in [5.74, 6) is 0.966. The van der Waals surface area contributed by atoms with Crippen LogP contribution < -0.4 is 0 Å². The lowest BCUT2D eigenvalue weighted by atomic mass is 10.2. The number of pyridine rings is 1. The molecule has 0 aliphatic carbocycles. The van der Waals surface area contributed by atoms with Gasteiger partial charge in [0.1, 0.15) is 0 Å². The van der Waals surface area contributed by atoms with Crippen LogP contribution in [0.5, 0.6) is 0 Å². The Bertz CT molecular complexity index is 957. The van der Waals surface area contributed by atoms with E-state index >= 15 is 0 Å². The Morgan fingerprint density at radius 3 is 3.12 bits per heavy atom. The highest BCUT2D eigenvalue weighted by Gasteiger charge is 2.33. The van der Waals surface area contributed by atoms with E-state index in [0.717, 1.165) is 45.4 Å². The molecular weight excluding hydrogens is 342 g/mol. The van der Waals surface area contributed by atoms with Crippen molar-refractivity contribution >= 4 is 35.1 Å². The number of amides is 1. The number of H-pyrrole nitrogens is 1. The Morgan fingerprint density at radius 2 is 2.33 bits per heavy atom. The van der Waals surface area contributed by atoms with Gasteiger partial charge in [0.25, 0.3) is 0 Å². The lowest BCUT2D eigenvalue weighted by molar-refractivity contribution is -0.131. The number of carbonyl (C=O) groups excluding carboxylic acids is 1. The molecule has 4 rings (SSSR count). The number of hydrogen-bond donors (Lipinski definition) is 1. The number of likely N-dealkylation sites (tertiary alicyclic amines) is 1. The third-order valence-corrected chi connectivity index (χ3v) is 5.78. The molecule has 0 radical (unpaired) electrons. The summed E-state index contributed by atoms with van der Waals surface area (Å²) in [5.41, 5.74) is 1.80. The minimum absolute atomic E-state index is 0.0119. The van der Waals surface area contributed by atoms with Crippen molar-refractivity contribution in [1.82, 2.24) is 24.5 Å². The molecule has 1 fully saturated rings. The molecule has 0 spiro atoms. The van der Waals surface area contributed by atoms with E-state index in [4.69, 9.17) is 12.2 Å². The molecule has 1 aliphatic rings. The minimum atomic E-state index is -0.0119. The second kappa shape index (κ2) is 6.10. The normalized spacial score (nSPS) is 17.7. The maximum absolute atomic E-state index is 12.8. The van der Waals surface area contributed by atoms with Crippen molar-refractivity contribution in [2.24, 2.45) is 0 Å². The summed E-state index contributed by atoms with van der Waals surface area (Å²) in [6.45, 7) is 2.72. The summed E-state index contributed by atoms with van der Waals surface area (Å²) < 4.78 is 2.69. The van der Waals surface area contributed by atoms with E-state index in [-0.39, 0.29) is 11.9 Å². The molecule has 0 aromatic carbocycles. The smallest absolute Gasteiger partial charge is 0.228 e. The van der Waals surface area contributed by atoms with Crippen LogP contribution >= 0.6 is 23.6 Å².